The first kappa shape index (κ1) is 12.4. The third kappa shape index (κ3) is 6.57. The average molecular weight is 251 g/mol. The summed E-state index contributed by atoms with van der Waals surface area (Å²) in [6, 6.07) is 0. The van der Waals surface area contributed by atoms with Crippen LogP contribution in [0.3, 0.4) is 0 Å². The van der Waals surface area contributed by atoms with Crippen LogP contribution in [-0.2, 0) is 9.59 Å². The summed E-state index contributed by atoms with van der Waals surface area (Å²) in [5, 5.41) is 2.68. The maximum atomic E-state index is 11.2. The molecule has 0 fully saturated rings. The molecule has 0 saturated heterocycles. The average Bonchev–Trinajstić information content (AvgIpc) is 1.95. The highest BCUT2D eigenvalue weighted by molar-refractivity contribution is 9.10. The molecule has 3 N–H and O–H groups in total. The Balaban J connectivity index is 3.55. The number of hydrogen-bond acceptors (Lipinski definition) is 2. The molecule has 0 rings (SSSR count). The van der Waals surface area contributed by atoms with Gasteiger partial charge < -0.3 is 11.1 Å². The first-order valence-electron chi connectivity index (χ1n) is 4.09. The van der Waals surface area contributed by atoms with Gasteiger partial charge in [-0.3, -0.25) is 9.59 Å². The van der Waals surface area contributed by atoms with E-state index in [4.69, 9.17) is 5.73 Å². The molecule has 0 aliphatic heterocycles. The predicted octanol–water partition coefficient (Wildman–Crippen LogP) is 0.542. The highest BCUT2D eigenvalue weighted by Crippen LogP contribution is 2.14. The van der Waals surface area contributed by atoms with Gasteiger partial charge in [0, 0.05) is 13.0 Å². The lowest BCUT2D eigenvalue weighted by atomic mass is 10.2. The van der Waals surface area contributed by atoms with E-state index in [2.05, 4.69) is 21.2 Å². The Morgan fingerprint density at radius 3 is 2.38 bits per heavy atom. The van der Waals surface area contributed by atoms with Crippen LogP contribution in [0.25, 0.3) is 0 Å². The van der Waals surface area contributed by atoms with Gasteiger partial charge in [0.1, 0.15) is 0 Å². The second kappa shape index (κ2) is 5.21. The molecule has 0 aromatic rings. The van der Waals surface area contributed by atoms with E-state index >= 15 is 0 Å². The first-order valence-corrected chi connectivity index (χ1v) is 4.89. The van der Waals surface area contributed by atoms with E-state index in [0.29, 0.717) is 19.4 Å². The molecule has 0 unspecified atom stereocenters. The van der Waals surface area contributed by atoms with Gasteiger partial charge in [0.2, 0.25) is 11.8 Å². The molecule has 2 amide bonds. The zero-order chi connectivity index (χ0) is 10.5. The molecule has 0 saturated carbocycles. The van der Waals surface area contributed by atoms with Crippen LogP contribution < -0.4 is 11.1 Å². The van der Waals surface area contributed by atoms with Crippen molar-refractivity contribution < 1.29 is 9.59 Å². The van der Waals surface area contributed by atoms with Gasteiger partial charge in [-0.25, -0.2) is 0 Å². The van der Waals surface area contributed by atoms with Crippen LogP contribution in [0.1, 0.15) is 26.7 Å². The Labute approximate surface area is 86.4 Å². The quantitative estimate of drug-likeness (QED) is 0.553. The van der Waals surface area contributed by atoms with E-state index in [1.165, 1.54) is 0 Å². The van der Waals surface area contributed by atoms with Crippen molar-refractivity contribution in [1.29, 1.82) is 0 Å². The second-order valence-corrected chi connectivity index (χ2v) is 5.28. The molecule has 76 valence electrons. The van der Waals surface area contributed by atoms with Crippen molar-refractivity contribution in [2.75, 3.05) is 6.54 Å². The van der Waals surface area contributed by atoms with Gasteiger partial charge in [-0.05, 0) is 20.3 Å². The molecule has 0 heterocycles. The molecule has 5 heteroatoms. The van der Waals surface area contributed by atoms with Crippen molar-refractivity contribution in [3.05, 3.63) is 0 Å². The highest BCUT2D eigenvalue weighted by atomic mass is 79.9. The van der Waals surface area contributed by atoms with E-state index in [1.807, 2.05) is 0 Å². The minimum Gasteiger partial charge on any atom is -0.370 e. The fourth-order valence-electron chi connectivity index (χ4n) is 0.675. The molecule has 0 aliphatic rings. The number of nitrogens with two attached hydrogens (primary N) is 1. The summed E-state index contributed by atoms with van der Waals surface area (Å²) in [7, 11) is 0. The Morgan fingerprint density at radius 2 is 2.00 bits per heavy atom. The number of amides is 2. The van der Waals surface area contributed by atoms with Crippen LogP contribution in [0.2, 0.25) is 0 Å². The maximum Gasteiger partial charge on any atom is 0.236 e. The fourth-order valence-corrected chi connectivity index (χ4v) is 0.815. The lowest BCUT2D eigenvalue weighted by Crippen LogP contribution is -2.38. The minimum absolute atomic E-state index is 0.0861. The summed E-state index contributed by atoms with van der Waals surface area (Å²) in [5.74, 6) is -0.427. The monoisotopic (exact) mass is 250 g/mol. The number of hydrogen-bond donors (Lipinski definition) is 2. The molecule has 0 atom stereocenters. The highest BCUT2D eigenvalue weighted by Gasteiger charge is 2.22. The predicted molar refractivity (Wildman–Crippen MR) is 54.4 cm³/mol. The van der Waals surface area contributed by atoms with Crippen molar-refractivity contribution in [2.24, 2.45) is 5.73 Å². The molecule has 13 heavy (non-hydrogen) atoms. The molecule has 0 aliphatic carbocycles. The third-order valence-corrected chi connectivity index (χ3v) is 1.79. The zero-order valence-corrected chi connectivity index (χ0v) is 9.48. The van der Waals surface area contributed by atoms with Gasteiger partial charge in [-0.2, -0.15) is 0 Å². The second-order valence-electron chi connectivity index (χ2n) is 3.30. The van der Waals surface area contributed by atoms with E-state index in [9.17, 15) is 9.59 Å². The normalized spacial score (nSPS) is 11.0. The van der Waals surface area contributed by atoms with E-state index in [-0.39, 0.29) is 11.8 Å². The van der Waals surface area contributed by atoms with Crippen LogP contribution in [0, 0.1) is 0 Å². The maximum absolute atomic E-state index is 11.2. The van der Waals surface area contributed by atoms with Crippen molar-refractivity contribution in [3.63, 3.8) is 0 Å². The van der Waals surface area contributed by atoms with E-state index < -0.39 is 4.32 Å². The van der Waals surface area contributed by atoms with Crippen LogP contribution in [0.5, 0.6) is 0 Å². The minimum atomic E-state index is -0.556. The van der Waals surface area contributed by atoms with Crippen molar-refractivity contribution >= 4 is 27.7 Å². The van der Waals surface area contributed by atoms with Crippen LogP contribution in [0.15, 0.2) is 0 Å². The van der Waals surface area contributed by atoms with Gasteiger partial charge in [0.25, 0.3) is 0 Å². The van der Waals surface area contributed by atoms with E-state index in [1.54, 1.807) is 13.8 Å². The largest absolute Gasteiger partial charge is 0.370 e. The zero-order valence-electron chi connectivity index (χ0n) is 7.89. The number of alkyl halides is 1. The van der Waals surface area contributed by atoms with Gasteiger partial charge >= 0.3 is 0 Å². The summed E-state index contributed by atoms with van der Waals surface area (Å²) in [4.78, 5) is 21.6. The van der Waals surface area contributed by atoms with Crippen LogP contribution in [-0.4, -0.2) is 22.7 Å². The lowest BCUT2D eigenvalue weighted by Gasteiger charge is -2.15. The lowest BCUT2D eigenvalue weighted by molar-refractivity contribution is -0.123. The summed E-state index contributed by atoms with van der Waals surface area (Å²) >= 11 is 3.22. The Kier molecular flexibility index (Phi) is 4.98. The van der Waals surface area contributed by atoms with Crippen LogP contribution >= 0.6 is 15.9 Å². The number of carbonyl (C=O) groups is 2. The van der Waals surface area contributed by atoms with Crippen LogP contribution in [0.4, 0.5) is 0 Å². The van der Waals surface area contributed by atoms with Crippen molar-refractivity contribution in [1.82, 2.24) is 5.32 Å². The molecular formula is C8H15BrN2O2. The molecule has 4 nitrogen and oxygen atoms in total. The number of carbonyl (C=O) groups excluding carboxylic acids is 2. The molecule has 0 aromatic heterocycles. The number of nitrogens with one attached hydrogen (secondary N) is 1. The first-order chi connectivity index (χ1) is 5.84. The number of rotatable bonds is 5. The molecule has 0 bridgehead atoms. The van der Waals surface area contributed by atoms with Crippen molar-refractivity contribution in [2.45, 2.75) is 31.0 Å². The fraction of sp³-hybridized carbons (Fsp3) is 0.750. The summed E-state index contributed by atoms with van der Waals surface area (Å²) in [6.45, 7) is 4.00. The third-order valence-electron chi connectivity index (χ3n) is 1.43. The van der Waals surface area contributed by atoms with Gasteiger partial charge in [-0.1, -0.05) is 15.9 Å². The smallest absolute Gasteiger partial charge is 0.236 e. The summed E-state index contributed by atoms with van der Waals surface area (Å²) in [5.41, 5.74) is 4.93. The van der Waals surface area contributed by atoms with Gasteiger partial charge in [0.05, 0.1) is 4.32 Å². The Bertz CT molecular complexity index is 199. The van der Waals surface area contributed by atoms with Gasteiger partial charge in [-0.15, -0.1) is 0 Å². The molecule has 0 spiro atoms. The number of halogens is 1. The summed E-state index contributed by atoms with van der Waals surface area (Å²) in [6.07, 6.45) is 0.896. The van der Waals surface area contributed by atoms with Gasteiger partial charge in [0.15, 0.2) is 0 Å². The standard InChI is InChI=1S/C8H15BrN2O2/c1-8(2,9)7(13)11-5-3-4-6(10)12/h3-5H2,1-2H3,(H2,10,12)(H,11,13). The van der Waals surface area contributed by atoms with Crippen molar-refractivity contribution in [3.8, 4) is 0 Å². The molecular weight excluding hydrogens is 236 g/mol. The Morgan fingerprint density at radius 1 is 1.46 bits per heavy atom. The number of primary amides is 1. The van der Waals surface area contributed by atoms with E-state index in [0.717, 1.165) is 0 Å². The summed E-state index contributed by atoms with van der Waals surface area (Å²) < 4.78 is -0.556. The Hall–Kier alpha value is -0.580. The molecule has 0 aromatic carbocycles. The molecule has 0 radical (unpaired) electrons. The topological polar surface area (TPSA) is 72.2 Å². The SMILES string of the molecule is CC(C)(Br)C(=O)NCCCC(N)=O.